The fraction of sp³-hybridized carbons (Fsp3) is 0.458. The first-order valence-electron chi connectivity index (χ1n) is 11.3. The summed E-state index contributed by atoms with van der Waals surface area (Å²) >= 11 is 0. The van der Waals surface area contributed by atoms with E-state index >= 15 is 0 Å². The molecule has 8 heteroatoms. The van der Waals surface area contributed by atoms with Crippen molar-refractivity contribution in [2.24, 2.45) is 5.92 Å². The van der Waals surface area contributed by atoms with Crippen LogP contribution in [0.1, 0.15) is 19.8 Å². The third-order valence-corrected chi connectivity index (χ3v) is 7.19. The molecule has 1 saturated carbocycles. The molecule has 3 heterocycles. The van der Waals surface area contributed by atoms with Crippen LogP contribution < -0.4 is 10.1 Å². The van der Waals surface area contributed by atoms with Crippen molar-refractivity contribution < 1.29 is 14.3 Å². The Hall–Kier alpha value is -2.71. The van der Waals surface area contributed by atoms with Gasteiger partial charge in [0.15, 0.2) is 0 Å². The molecule has 1 aliphatic rings. The van der Waals surface area contributed by atoms with E-state index in [1.807, 2.05) is 42.0 Å². The molecule has 1 N–H and O–H groups in total. The minimum absolute atomic E-state index is 0.0486. The molecule has 0 radical (unpaired) electrons. The molecule has 3 aromatic heterocycles. The van der Waals surface area contributed by atoms with Crippen LogP contribution in [-0.2, 0) is 16.3 Å². The summed E-state index contributed by atoms with van der Waals surface area (Å²) in [7, 11) is -1.17. The maximum Gasteiger partial charge on any atom is 0.228 e. The minimum Gasteiger partial charge on any atom is -0.478 e. The van der Waals surface area contributed by atoms with E-state index in [1.165, 1.54) is 0 Å². The van der Waals surface area contributed by atoms with E-state index in [9.17, 15) is 4.79 Å². The number of hydrogen-bond acceptors (Lipinski definition) is 5. The molecule has 1 fully saturated rings. The largest absolute Gasteiger partial charge is 0.478 e. The summed E-state index contributed by atoms with van der Waals surface area (Å²) in [5.41, 5.74) is 2.67. The van der Waals surface area contributed by atoms with Crippen molar-refractivity contribution in [1.82, 2.24) is 14.5 Å². The number of rotatable bonds is 10. The number of hydrogen-bond donors (Lipinski definition) is 1. The van der Waals surface area contributed by atoms with E-state index in [0.717, 1.165) is 47.7 Å². The number of aromatic nitrogens is 3. The lowest BCUT2D eigenvalue weighted by atomic mass is 10.1. The zero-order valence-electron chi connectivity index (χ0n) is 19.4. The molecule has 0 spiro atoms. The van der Waals surface area contributed by atoms with Crippen molar-refractivity contribution in [3.05, 3.63) is 36.7 Å². The Morgan fingerprint density at radius 2 is 2.03 bits per heavy atom. The molecule has 3 aromatic rings. The summed E-state index contributed by atoms with van der Waals surface area (Å²) < 4.78 is 13.8. The zero-order valence-corrected chi connectivity index (χ0v) is 20.4. The van der Waals surface area contributed by atoms with Gasteiger partial charge < -0.3 is 19.4 Å². The fourth-order valence-corrected chi connectivity index (χ4v) is 4.27. The van der Waals surface area contributed by atoms with Gasteiger partial charge in [0.2, 0.25) is 11.8 Å². The molecular weight excluding hydrogens is 420 g/mol. The number of amides is 1. The average Bonchev–Trinajstić information content (AvgIpc) is 3.54. The van der Waals surface area contributed by atoms with Crippen LogP contribution in [0.5, 0.6) is 5.88 Å². The first-order valence-corrected chi connectivity index (χ1v) is 15.0. The molecular formula is C24H32N4O3Si. The number of ether oxygens (including phenoxy) is 2. The lowest BCUT2D eigenvalue weighted by Crippen LogP contribution is -2.22. The summed E-state index contributed by atoms with van der Waals surface area (Å²) in [5.74, 6) is 1.34. The predicted molar refractivity (Wildman–Crippen MR) is 130 cm³/mol. The number of carbonyl (C=O) groups is 1. The van der Waals surface area contributed by atoms with Crippen LogP contribution in [0.2, 0.25) is 25.7 Å². The van der Waals surface area contributed by atoms with Gasteiger partial charge in [0.05, 0.1) is 6.61 Å². The molecule has 1 aliphatic carbocycles. The smallest absolute Gasteiger partial charge is 0.228 e. The second-order valence-corrected chi connectivity index (χ2v) is 15.1. The Morgan fingerprint density at radius 3 is 2.75 bits per heavy atom. The SMILES string of the molecule is CCOc1ncccc1-c1cn(COCC[Si](C)(C)C)c2nc(NC(=O)C3CC3)ccc12. The summed E-state index contributed by atoms with van der Waals surface area (Å²) in [6.45, 7) is 10.6. The van der Waals surface area contributed by atoms with Crippen molar-refractivity contribution in [2.45, 2.75) is 52.2 Å². The van der Waals surface area contributed by atoms with E-state index < -0.39 is 8.07 Å². The number of fused-ring (bicyclic) bond motifs is 1. The number of nitrogens with one attached hydrogen (secondary N) is 1. The van der Waals surface area contributed by atoms with Crippen molar-refractivity contribution in [1.29, 1.82) is 0 Å². The molecule has 32 heavy (non-hydrogen) atoms. The van der Waals surface area contributed by atoms with Gasteiger partial charge >= 0.3 is 0 Å². The maximum atomic E-state index is 12.2. The molecule has 170 valence electrons. The van der Waals surface area contributed by atoms with Gasteiger partial charge in [-0.2, -0.15) is 0 Å². The van der Waals surface area contributed by atoms with Gasteiger partial charge in [-0.1, -0.05) is 19.6 Å². The van der Waals surface area contributed by atoms with Gasteiger partial charge in [-0.05, 0) is 50.1 Å². The molecule has 0 unspecified atom stereocenters. The Labute approximate surface area is 190 Å². The van der Waals surface area contributed by atoms with E-state index in [1.54, 1.807) is 6.20 Å². The van der Waals surface area contributed by atoms with Crippen molar-refractivity contribution in [3.8, 4) is 17.0 Å². The third kappa shape index (κ3) is 5.36. The molecule has 1 amide bonds. The van der Waals surface area contributed by atoms with Crippen LogP contribution in [0, 0.1) is 5.92 Å². The lowest BCUT2D eigenvalue weighted by molar-refractivity contribution is -0.117. The van der Waals surface area contributed by atoms with E-state index in [4.69, 9.17) is 14.5 Å². The summed E-state index contributed by atoms with van der Waals surface area (Å²) in [6.07, 6.45) is 5.69. The Kier molecular flexibility index (Phi) is 6.62. The average molecular weight is 453 g/mol. The number of nitrogens with zero attached hydrogens (tertiary/aromatic N) is 3. The van der Waals surface area contributed by atoms with Gasteiger partial charge in [-0.15, -0.1) is 0 Å². The van der Waals surface area contributed by atoms with Crippen LogP contribution >= 0.6 is 0 Å². The topological polar surface area (TPSA) is 78.3 Å². The second kappa shape index (κ2) is 9.42. The molecule has 0 bridgehead atoms. The van der Waals surface area contributed by atoms with Crippen LogP contribution in [0.3, 0.4) is 0 Å². The van der Waals surface area contributed by atoms with Crippen LogP contribution in [-0.4, -0.2) is 41.7 Å². The Bertz CT molecular complexity index is 1100. The van der Waals surface area contributed by atoms with Crippen LogP contribution in [0.25, 0.3) is 22.2 Å². The molecule has 4 rings (SSSR count). The first kappa shape index (κ1) is 22.5. The molecule has 0 atom stereocenters. The quantitative estimate of drug-likeness (QED) is 0.340. The molecule has 0 aliphatic heterocycles. The van der Waals surface area contributed by atoms with E-state index in [2.05, 4.69) is 29.9 Å². The van der Waals surface area contributed by atoms with E-state index in [0.29, 0.717) is 25.0 Å². The standard InChI is InChI=1S/C24H32N4O3Si/c1-5-31-24-19(7-6-12-25-24)20-15-28(16-30-13-14-32(2,3)4)22-18(20)10-11-21(26-22)27-23(29)17-8-9-17/h6-7,10-12,15,17H,5,8-9,13-14,16H2,1-4H3,(H,26,27,29). The van der Waals surface area contributed by atoms with Crippen molar-refractivity contribution in [3.63, 3.8) is 0 Å². The molecule has 7 nitrogen and oxygen atoms in total. The van der Waals surface area contributed by atoms with Crippen molar-refractivity contribution >= 4 is 30.8 Å². The molecule has 0 saturated heterocycles. The van der Waals surface area contributed by atoms with Gasteiger partial charge in [0.1, 0.15) is 18.2 Å². The fourth-order valence-electron chi connectivity index (χ4n) is 3.51. The lowest BCUT2D eigenvalue weighted by Gasteiger charge is -2.15. The van der Waals surface area contributed by atoms with Crippen molar-refractivity contribution in [2.75, 3.05) is 18.5 Å². The van der Waals surface area contributed by atoms with Gasteiger partial charge in [0.25, 0.3) is 0 Å². The van der Waals surface area contributed by atoms with E-state index in [-0.39, 0.29) is 11.8 Å². The minimum atomic E-state index is -1.17. The van der Waals surface area contributed by atoms with Gasteiger partial charge in [-0.3, -0.25) is 4.79 Å². The zero-order chi connectivity index (χ0) is 22.7. The Balaban J connectivity index is 1.68. The summed E-state index contributed by atoms with van der Waals surface area (Å²) in [4.78, 5) is 21.4. The normalized spacial score (nSPS) is 14.0. The highest BCUT2D eigenvalue weighted by atomic mass is 28.3. The van der Waals surface area contributed by atoms with Crippen LogP contribution in [0.15, 0.2) is 36.7 Å². The van der Waals surface area contributed by atoms with Gasteiger partial charge in [-0.25, -0.2) is 9.97 Å². The number of anilines is 1. The number of pyridine rings is 2. The highest BCUT2D eigenvalue weighted by Gasteiger charge is 2.30. The third-order valence-electron chi connectivity index (χ3n) is 5.49. The first-order chi connectivity index (χ1) is 15.4. The molecule has 0 aromatic carbocycles. The predicted octanol–water partition coefficient (Wildman–Crippen LogP) is 5.16. The second-order valence-electron chi connectivity index (χ2n) is 9.48. The summed E-state index contributed by atoms with van der Waals surface area (Å²) in [5, 5.41) is 3.93. The monoisotopic (exact) mass is 452 g/mol. The number of carbonyl (C=O) groups excluding carboxylic acids is 1. The summed E-state index contributed by atoms with van der Waals surface area (Å²) in [6, 6.07) is 8.88. The van der Waals surface area contributed by atoms with Crippen LogP contribution in [0.4, 0.5) is 5.82 Å². The highest BCUT2D eigenvalue weighted by molar-refractivity contribution is 6.76. The maximum absolute atomic E-state index is 12.2. The highest BCUT2D eigenvalue weighted by Crippen LogP contribution is 2.36. The van der Waals surface area contributed by atoms with Gasteiger partial charge in [0, 0.05) is 49.5 Å². The Morgan fingerprint density at radius 1 is 1.22 bits per heavy atom.